The third-order valence-corrected chi connectivity index (χ3v) is 21.4. The van der Waals surface area contributed by atoms with Crippen molar-refractivity contribution in [2.45, 2.75) is 174 Å². The molecule has 1 heteroatoms. The predicted octanol–water partition coefficient (Wildman–Crippen LogP) is 11.3. The predicted molar refractivity (Wildman–Crippen MR) is 140 cm³/mol. The fourth-order valence-electron chi connectivity index (χ4n) is 4.79. The van der Waals surface area contributed by atoms with Crippen LogP contribution in [0.5, 0.6) is 0 Å². The van der Waals surface area contributed by atoms with Crippen LogP contribution in [0.3, 0.4) is 0 Å². The Bertz CT molecular complexity index is 277. The summed E-state index contributed by atoms with van der Waals surface area (Å²) in [5, 5.41) is 0. The van der Waals surface area contributed by atoms with E-state index in [4.69, 9.17) is 0 Å². The van der Waals surface area contributed by atoms with Crippen molar-refractivity contribution in [2.24, 2.45) is 0 Å². The molecule has 0 aromatic rings. The van der Waals surface area contributed by atoms with Gasteiger partial charge in [0.2, 0.25) is 0 Å². The summed E-state index contributed by atoms with van der Waals surface area (Å²) >= 11 is -1.69. The molecule has 0 fully saturated rings. The van der Waals surface area contributed by atoms with Gasteiger partial charge in [-0.15, -0.1) is 0 Å². The summed E-state index contributed by atoms with van der Waals surface area (Å²) in [5.74, 6) is 0. The first-order valence-electron chi connectivity index (χ1n) is 14.1. The van der Waals surface area contributed by atoms with Crippen LogP contribution in [0.25, 0.3) is 0 Å². The molecule has 0 aliphatic carbocycles. The molecular formula is C28H60Sb+. The van der Waals surface area contributed by atoms with E-state index in [9.17, 15) is 0 Å². The van der Waals surface area contributed by atoms with Gasteiger partial charge in [0.25, 0.3) is 0 Å². The summed E-state index contributed by atoms with van der Waals surface area (Å²) in [4.78, 5) is 0. The molecule has 0 bridgehead atoms. The molecule has 0 heterocycles. The molecule has 0 aliphatic heterocycles. The average Bonchev–Trinajstić information content (AvgIpc) is 2.74. The Morgan fingerprint density at radius 2 is 0.517 bits per heavy atom. The zero-order valence-corrected chi connectivity index (χ0v) is 24.0. The van der Waals surface area contributed by atoms with E-state index in [2.05, 4.69) is 27.7 Å². The third kappa shape index (κ3) is 19.2. The maximum absolute atomic E-state index is 2.40. The Kier molecular flexibility index (Phi) is 24.1. The van der Waals surface area contributed by atoms with Crippen LogP contribution in [0.1, 0.15) is 156 Å². The first-order valence-corrected chi connectivity index (χ1v) is 21.3. The number of hydrogen-bond donors (Lipinski definition) is 0. The Morgan fingerprint density at radius 3 is 0.828 bits per heavy atom. The second kappa shape index (κ2) is 23.5. The van der Waals surface area contributed by atoms with Crippen LogP contribution in [-0.2, 0) is 0 Å². The molecule has 0 aliphatic rings. The van der Waals surface area contributed by atoms with Gasteiger partial charge >= 0.3 is 166 Å². The summed E-state index contributed by atoms with van der Waals surface area (Å²) in [7, 11) is 0. The van der Waals surface area contributed by atoms with Gasteiger partial charge in [0, 0.05) is 0 Å². The molecule has 0 unspecified atom stereocenters. The van der Waals surface area contributed by atoms with E-state index < -0.39 is 18.8 Å². The van der Waals surface area contributed by atoms with E-state index in [-0.39, 0.29) is 0 Å². The molecule has 29 heavy (non-hydrogen) atoms. The van der Waals surface area contributed by atoms with Crippen LogP contribution in [0, 0.1) is 0 Å². The summed E-state index contributed by atoms with van der Waals surface area (Å²) in [6, 6.07) is 0. The minimum absolute atomic E-state index is 1.38. The first kappa shape index (κ1) is 29.8. The fourth-order valence-corrected chi connectivity index (χ4v) is 19.6. The van der Waals surface area contributed by atoms with Crippen molar-refractivity contribution >= 4 is 18.8 Å². The van der Waals surface area contributed by atoms with Crippen LogP contribution < -0.4 is 0 Å². The van der Waals surface area contributed by atoms with Crippen molar-refractivity contribution in [3.63, 3.8) is 0 Å². The molecule has 0 rings (SSSR count). The Hall–Kier alpha value is 0.818. The number of hydrogen-bond acceptors (Lipinski definition) is 0. The molecule has 0 saturated carbocycles. The SMILES string of the molecule is CCCCCCCCCCCCCCC[CH2][Sb+]([CH2]CCC)([CH2]CCC)[CH2]CCC. The van der Waals surface area contributed by atoms with Gasteiger partial charge in [0.15, 0.2) is 0 Å². The van der Waals surface area contributed by atoms with Gasteiger partial charge in [-0.25, -0.2) is 0 Å². The minimum atomic E-state index is -1.69. The molecular weight excluding hydrogens is 458 g/mol. The van der Waals surface area contributed by atoms with E-state index in [1.54, 1.807) is 23.9 Å². The van der Waals surface area contributed by atoms with E-state index in [1.165, 1.54) is 122 Å². The topological polar surface area (TPSA) is 0 Å². The van der Waals surface area contributed by atoms with Crippen molar-refractivity contribution in [3.05, 3.63) is 0 Å². The van der Waals surface area contributed by atoms with Crippen LogP contribution in [-0.4, -0.2) is 18.8 Å². The average molecular weight is 519 g/mol. The van der Waals surface area contributed by atoms with E-state index in [0.29, 0.717) is 0 Å². The number of rotatable bonds is 24. The van der Waals surface area contributed by atoms with Crippen LogP contribution >= 0.6 is 0 Å². The number of unbranched alkanes of at least 4 members (excludes halogenated alkanes) is 16. The normalized spacial score (nSPS) is 12.0. The van der Waals surface area contributed by atoms with Crippen molar-refractivity contribution in [2.75, 3.05) is 0 Å². The van der Waals surface area contributed by atoms with Gasteiger partial charge in [-0.05, 0) is 0 Å². The Morgan fingerprint density at radius 1 is 0.276 bits per heavy atom. The van der Waals surface area contributed by atoms with Crippen molar-refractivity contribution in [1.82, 2.24) is 0 Å². The van der Waals surface area contributed by atoms with Crippen molar-refractivity contribution < 1.29 is 0 Å². The van der Waals surface area contributed by atoms with E-state index in [1.807, 2.05) is 0 Å². The van der Waals surface area contributed by atoms with Gasteiger partial charge in [0.1, 0.15) is 0 Å². The molecule has 0 nitrogen and oxygen atoms in total. The Labute approximate surface area is 191 Å². The summed E-state index contributed by atoms with van der Waals surface area (Å²) in [5.41, 5.74) is 0. The zero-order valence-electron chi connectivity index (χ0n) is 21.4. The molecule has 0 spiro atoms. The van der Waals surface area contributed by atoms with Crippen LogP contribution in [0.4, 0.5) is 0 Å². The van der Waals surface area contributed by atoms with Crippen LogP contribution in [0.2, 0.25) is 17.5 Å². The van der Waals surface area contributed by atoms with Crippen molar-refractivity contribution in [1.29, 1.82) is 0 Å². The summed E-state index contributed by atoms with van der Waals surface area (Å²) in [6.07, 6.45) is 29.8. The molecule has 0 amide bonds. The van der Waals surface area contributed by atoms with E-state index in [0.717, 1.165) is 0 Å². The second-order valence-corrected chi connectivity index (χ2v) is 22.7. The summed E-state index contributed by atoms with van der Waals surface area (Å²) in [6.45, 7) is 9.52. The molecule has 0 aromatic heterocycles. The van der Waals surface area contributed by atoms with Gasteiger partial charge < -0.3 is 0 Å². The Balaban J connectivity index is 3.79. The monoisotopic (exact) mass is 517 g/mol. The molecule has 0 aromatic carbocycles. The summed E-state index contributed by atoms with van der Waals surface area (Å²) < 4.78 is 6.82. The van der Waals surface area contributed by atoms with Gasteiger partial charge in [0.05, 0.1) is 0 Å². The van der Waals surface area contributed by atoms with Gasteiger partial charge in [-0.1, -0.05) is 26.2 Å². The zero-order chi connectivity index (χ0) is 21.5. The van der Waals surface area contributed by atoms with Crippen molar-refractivity contribution in [3.8, 4) is 0 Å². The van der Waals surface area contributed by atoms with Gasteiger partial charge in [-0.3, -0.25) is 0 Å². The molecule has 0 atom stereocenters. The van der Waals surface area contributed by atoms with Gasteiger partial charge in [-0.2, -0.15) is 0 Å². The first-order chi connectivity index (χ1) is 14.2. The standard InChI is InChI=1S/C16H33.3C4H9.Sb/c1-3-5-7-9-11-13-15-16-14-12-10-8-6-4-2;3*1-3-4-2;/h1,3-16H2,2H3;3*1,3-4H2,2H3;/q;;;;+1. The molecule has 176 valence electrons. The quantitative estimate of drug-likeness (QED) is 0.0880. The second-order valence-electron chi connectivity index (χ2n) is 9.89. The molecule has 0 saturated heterocycles. The van der Waals surface area contributed by atoms with E-state index >= 15 is 0 Å². The fraction of sp³-hybridized carbons (Fsp3) is 1.00. The molecule has 0 N–H and O–H groups in total. The third-order valence-electron chi connectivity index (χ3n) is 6.94. The maximum atomic E-state index is 2.40. The molecule has 0 radical (unpaired) electrons. The van der Waals surface area contributed by atoms with Crippen LogP contribution in [0.15, 0.2) is 0 Å².